The number of aromatic nitrogens is 4. The number of ether oxygens (including phenoxy) is 2. The molecule has 0 spiro atoms. The van der Waals surface area contributed by atoms with Crippen molar-refractivity contribution < 1.29 is 18.3 Å². The van der Waals surface area contributed by atoms with E-state index in [0.29, 0.717) is 62.2 Å². The van der Waals surface area contributed by atoms with Gasteiger partial charge in [0.15, 0.2) is 0 Å². The Morgan fingerprint density at radius 1 is 0.556 bits per heavy atom. The molecule has 16 heteroatoms. The molecule has 2 N–H and O–H groups in total. The molecule has 10 rings (SSSR count). The Hall–Kier alpha value is -5.26. The second-order valence-corrected chi connectivity index (χ2v) is 21.2. The lowest BCUT2D eigenvalue weighted by atomic mass is 10.0. The summed E-state index contributed by atoms with van der Waals surface area (Å²) in [4.78, 5) is 33.1. The molecule has 72 heavy (non-hydrogen) atoms. The summed E-state index contributed by atoms with van der Waals surface area (Å²) in [6, 6.07) is 9.82. The van der Waals surface area contributed by atoms with Crippen molar-refractivity contribution in [1.82, 2.24) is 39.5 Å². The van der Waals surface area contributed by atoms with E-state index in [1.807, 2.05) is 34.1 Å². The summed E-state index contributed by atoms with van der Waals surface area (Å²) in [5.41, 5.74) is 3.29. The number of anilines is 4. The van der Waals surface area contributed by atoms with Gasteiger partial charge in [-0.05, 0) is 130 Å². The van der Waals surface area contributed by atoms with E-state index in [0.717, 1.165) is 134 Å². The Balaban J connectivity index is 0.000000178. The predicted molar refractivity (Wildman–Crippen MR) is 287 cm³/mol. The van der Waals surface area contributed by atoms with Crippen LogP contribution in [0.4, 0.5) is 32.3 Å². The second-order valence-electron chi connectivity index (χ2n) is 21.2. The van der Waals surface area contributed by atoms with Gasteiger partial charge in [0, 0.05) is 87.0 Å². The summed E-state index contributed by atoms with van der Waals surface area (Å²) < 4.78 is 38.7. The van der Waals surface area contributed by atoms with Crippen LogP contribution in [0.5, 0.6) is 11.5 Å². The summed E-state index contributed by atoms with van der Waals surface area (Å²) in [5.74, 6) is 17.5. The van der Waals surface area contributed by atoms with Crippen LogP contribution in [-0.4, -0.2) is 182 Å². The quantitative estimate of drug-likeness (QED) is 0.120. The van der Waals surface area contributed by atoms with Crippen LogP contribution in [-0.2, 0) is 0 Å². The SMILES string of the molecule is COc1cc2c(NC3CCN(C(C)C)CC3)nc(N3CC(F)C3)nc2cc1C#CCCN1CCCC1.COc1cc2c(NC3CCN(C(C)C)CC3)nc(N3CC(F)C3)nc2cc1C#CCCN1CCCC1. The van der Waals surface area contributed by atoms with E-state index in [2.05, 4.69) is 81.6 Å². The van der Waals surface area contributed by atoms with Crippen LogP contribution in [0.1, 0.15) is 103 Å². The number of likely N-dealkylation sites (tertiary alicyclic amines) is 4. The second kappa shape index (κ2) is 24.2. The fourth-order valence-corrected chi connectivity index (χ4v) is 10.8. The van der Waals surface area contributed by atoms with Gasteiger partial charge in [-0.15, -0.1) is 0 Å². The fourth-order valence-electron chi connectivity index (χ4n) is 10.8. The molecule has 4 aromatic rings. The fraction of sp³-hybridized carbons (Fsp3) is 0.643. The lowest BCUT2D eigenvalue weighted by molar-refractivity contribution is 0.177. The van der Waals surface area contributed by atoms with Crippen molar-refractivity contribution in [2.75, 3.05) is 126 Å². The molecule has 2 aromatic heterocycles. The zero-order valence-electron chi connectivity index (χ0n) is 43.8. The van der Waals surface area contributed by atoms with Gasteiger partial charge < -0.3 is 49.5 Å². The topological polar surface area (TPSA) is 114 Å². The third-order valence-electron chi connectivity index (χ3n) is 15.4. The van der Waals surface area contributed by atoms with Gasteiger partial charge in [0.05, 0.1) is 62.6 Å². The van der Waals surface area contributed by atoms with Crippen molar-refractivity contribution in [3.05, 3.63) is 35.4 Å². The minimum Gasteiger partial charge on any atom is -0.495 e. The summed E-state index contributed by atoms with van der Waals surface area (Å²) in [5, 5.41) is 9.23. The summed E-state index contributed by atoms with van der Waals surface area (Å²) in [7, 11) is 3.37. The van der Waals surface area contributed by atoms with Crippen LogP contribution in [0, 0.1) is 23.7 Å². The maximum absolute atomic E-state index is 13.6. The highest BCUT2D eigenvalue weighted by atomic mass is 19.1. The number of alkyl halides is 2. The molecule has 6 saturated heterocycles. The van der Waals surface area contributed by atoms with Crippen LogP contribution in [0.2, 0.25) is 0 Å². The molecule has 0 saturated carbocycles. The first-order valence-corrected chi connectivity index (χ1v) is 27.0. The van der Waals surface area contributed by atoms with Crippen LogP contribution in [0.25, 0.3) is 21.8 Å². The number of nitrogens with one attached hydrogen (secondary N) is 2. The first-order chi connectivity index (χ1) is 35.0. The average molecular weight is 989 g/mol. The highest BCUT2D eigenvalue weighted by Crippen LogP contribution is 2.35. The van der Waals surface area contributed by atoms with E-state index in [1.165, 1.54) is 51.9 Å². The maximum atomic E-state index is 13.6. The molecule has 2 aromatic carbocycles. The number of rotatable bonds is 14. The lowest BCUT2D eigenvalue weighted by Crippen LogP contribution is -2.49. The molecule has 8 heterocycles. The normalized spacial score (nSPS) is 20.0. The lowest BCUT2D eigenvalue weighted by Gasteiger charge is -2.36. The largest absolute Gasteiger partial charge is 0.495 e. The summed E-state index contributed by atoms with van der Waals surface area (Å²) >= 11 is 0. The van der Waals surface area contributed by atoms with E-state index in [9.17, 15) is 8.78 Å². The zero-order chi connectivity index (χ0) is 50.1. The molecule has 6 aliphatic heterocycles. The van der Waals surface area contributed by atoms with Gasteiger partial charge in [-0.1, -0.05) is 23.7 Å². The van der Waals surface area contributed by atoms with Gasteiger partial charge in [-0.2, -0.15) is 9.97 Å². The van der Waals surface area contributed by atoms with Gasteiger partial charge in [-0.3, -0.25) is 0 Å². The van der Waals surface area contributed by atoms with Gasteiger partial charge in [0.25, 0.3) is 0 Å². The van der Waals surface area contributed by atoms with E-state index < -0.39 is 12.3 Å². The van der Waals surface area contributed by atoms with Crippen molar-refractivity contribution >= 4 is 45.3 Å². The Bertz CT molecular complexity index is 2390. The average Bonchev–Trinajstić information content (AvgIpc) is 4.10. The molecule has 14 nitrogen and oxygen atoms in total. The van der Waals surface area contributed by atoms with Crippen molar-refractivity contribution in [2.24, 2.45) is 0 Å². The van der Waals surface area contributed by atoms with E-state index in [-0.39, 0.29) is 0 Å². The number of fused-ring (bicyclic) bond motifs is 2. The van der Waals surface area contributed by atoms with Crippen LogP contribution in [0.3, 0.4) is 0 Å². The molecule has 0 atom stereocenters. The van der Waals surface area contributed by atoms with Crippen molar-refractivity contribution in [1.29, 1.82) is 0 Å². The molecule has 0 bridgehead atoms. The van der Waals surface area contributed by atoms with Crippen LogP contribution in [0.15, 0.2) is 24.3 Å². The number of methoxy groups -OCH3 is 2. The number of halogens is 2. The molecule has 0 radical (unpaired) electrons. The third kappa shape index (κ3) is 12.9. The Morgan fingerprint density at radius 3 is 1.26 bits per heavy atom. The molecule has 0 aliphatic carbocycles. The molecule has 388 valence electrons. The van der Waals surface area contributed by atoms with Crippen molar-refractivity contribution in [2.45, 2.75) is 128 Å². The highest BCUT2D eigenvalue weighted by molar-refractivity contribution is 5.94. The summed E-state index contributed by atoms with van der Waals surface area (Å²) in [6.45, 7) is 21.4. The molecular weight excluding hydrogens is 911 g/mol. The summed E-state index contributed by atoms with van der Waals surface area (Å²) in [6.07, 6.45) is 9.47. The highest BCUT2D eigenvalue weighted by Gasteiger charge is 2.32. The predicted octanol–water partition coefficient (Wildman–Crippen LogP) is 7.84. The Labute approximate surface area is 427 Å². The van der Waals surface area contributed by atoms with E-state index >= 15 is 0 Å². The van der Waals surface area contributed by atoms with E-state index in [1.54, 1.807) is 14.2 Å². The number of nitrogens with zero attached hydrogens (tertiary/aromatic N) is 10. The maximum Gasteiger partial charge on any atom is 0.228 e. The van der Waals surface area contributed by atoms with Crippen LogP contribution < -0.4 is 29.9 Å². The number of piperidine rings is 2. The molecule has 0 amide bonds. The number of hydrogen-bond donors (Lipinski definition) is 2. The first-order valence-electron chi connectivity index (χ1n) is 27.0. The standard InChI is InChI=1S/2C28H39FN6O/c2*1-20(2)34-14-9-23(10-15-34)30-27-24-17-26(36-3)21(8-4-5-11-33-12-6-7-13-33)16-25(24)31-28(32-27)35-18-22(29)19-35/h2*16-17,20,22-23H,5-7,9-15,18-19H2,1-3H3,(H,30,31,32). The third-order valence-corrected chi connectivity index (χ3v) is 15.4. The van der Waals surface area contributed by atoms with E-state index in [4.69, 9.17) is 29.4 Å². The molecule has 0 unspecified atom stereocenters. The minimum absolute atomic E-state index is 0.340. The van der Waals surface area contributed by atoms with Gasteiger partial charge in [0.1, 0.15) is 35.5 Å². The molecular formula is C56H78F2N12O2. The van der Waals surface area contributed by atoms with Crippen molar-refractivity contribution in [3.63, 3.8) is 0 Å². The zero-order valence-corrected chi connectivity index (χ0v) is 43.8. The Morgan fingerprint density at radius 2 is 0.931 bits per heavy atom. The number of hydrogen-bond acceptors (Lipinski definition) is 14. The number of benzene rings is 2. The van der Waals surface area contributed by atoms with Gasteiger partial charge in [0.2, 0.25) is 11.9 Å². The smallest absolute Gasteiger partial charge is 0.228 e. The Kier molecular flexibility index (Phi) is 17.3. The molecule has 6 fully saturated rings. The van der Waals surface area contributed by atoms with Gasteiger partial charge in [-0.25, -0.2) is 18.7 Å². The monoisotopic (exact) mass is 989 g/mol. The minimum atomic E-state index is -0.811. The first kappa shape index (κ1) is 51.6. The van der Waals surface area contributed by atoms with Gasteiger partial charge >= 0.3 is 0 Å². The van der Waals surface area contributed by atoms with Crippen LogP contribution >= 0.6 is 0 Å². The molecule has 6 aliphatic rings. The van der Waals surface area contributed by atoms with Crippen molar-refractivity contribution in [3.8, 4) is 35.2 Å².